The van der Waals surface area contributed by atoms with Crippen LogP contribution in [0, 0.1) is 5.82 Å². The number of fused-ring (bicyclic) bond motifs is 1. The molecule has 0 saturated heterocycles. The molecule has 0 aliphatic heterocycles. The highest BCUT2D eigenvalue weighted by molar-refractivity contribution is 5.82. The third kappa shape index (κ3) is 3.46. The molecule has 0 spiro atoms. The van der Waals surface area contributed by atoms with Gasteiger partial charge in [0.25, 0.3) is 0 Å². The fraction of sp³-hybridized carbons (Fsp3) is 0.118. The topological polar surface area (TPSA) is 86.8 Å². The van der Waals surface area contributed by atoms with Gasteiger partial charge in [0.15, 0.2) is 0 Å². The summed E-state index contributed by atoms with van der Waals surface area (Å²) >= 11 is 0. The van der Waals surface area contributed by atoms with E-state index in [2.05, 4.69) is 30.1 Å². The number of alkyl halides is 3. The Balaban J connectivity index is 1.54. The molecule has 0 aliphatic carbocycles. The fourth-order valence-electron chi connectivity index (χ4n) is 2.44. The number of ether oxygens (including phenoxy) is 1. The molecule has 0 bridgehead atoms. The van der Waals surface area contributed by atoms with Crippen LogP contribution < -0.4 is 4.74 Å². The van der Waals surface area contributed by atoms with Gasteiger partial charge in [0.1, 0.15) is 17.9 Å². The molecule has 0 saturated carbocycles. The minimum absolute atomic E-state index is 0.0417. The molecule has 142 valence electrons. The van der Waals surface area contributed by atoms with Gasteiger partial charge in [-0.1, -0.05) is 28.5 Å². The van der Waals surface area contributed by atoms with Crippen LogP contribution in [-0.4, -0.2) is 25.6 Å². The van der Waals surface area contributed by atoms with E-state index in [0.717, 1.165) is 6.07 Å². The van der Waals surface area contributed by atoms with Crippen molar-refractivity contribution in [1.29, 1.82) is 0 Å². The molecule has 11 heteroatoms. The number of nitrogens with zero attached hydrogens (tertiary/aromatic N) is 5. The predicted molar refractivity (Wildman–Crippen MR) is 86.4 cm³/mol. The van der Waals surface area contributed by atoms with E-state index in [1.54, 1.807) is 24.3 Å². The summed E-state index contributed by atoms with van der Waals surface area (Å²) in [5.74, 6) is -2.63. The van der Waals surface area contributed by atoms with Gasteiger partial charge in [-0.3, -0.25) is 0 Å². The van der Waals surface area contributed by atoms with Gasteiger partial charge in [0, 0.05) is 0 Å². The third-order valence-electron chi connectivity index (χ3n) is 3.74. The second-order valence-electron chi connectivity index (χ2n) is 5.64. The lowest BCUT2D eigenvalue weighted by Crippen LogP contribution is -2.05. The number of hydrogen-bond donors (Lipinski definition) is 0. The molecule has 2 heterocycles. The van der Waals surface area contributed by atoms with E-state index in [1.165, 1.54) is 12.1 Å². The van der Waals surface area contributed by atoms with E-state index in [1.807, 2.05) is 0 Å². The van der Waals surface area contributed by atoms with Gasteiger partial charge in [-0.2, -0.15) is 18.2 Å². The van der Waals surface area contributed by atoms with Crippen LogP contribution in [0.15, 0.2) is 47.0 Å². The number of benzene rings is 2. The minimum Gasteiger partial charge on any atom is -0.471 e. The molecular weight excluding hydrogens is 382 g/mol. The zero-order valence-electron chi connectivity index (χ0n) is 13.8. The van der Waals surface area contributed by atoms with Crippen LogP contribution in [-0.2, 0) is 12.8 Å². The summed E-state index contributed by atoms with van der Waals surface area (Å²) in [6.45, 7) is -0.0417. The average Bonchev–Trinajstić information content (AvgIpc) is 3.17. The first-order chi connectivity index (χ1) is 13.4. The molecule has 0 atom stereocenters. The van der Waals surface area contributed by atoms with Crippen molar-refractivity contribution in [2.75, 3.05) is 0 Å². The van der Waals surface area contributed by atoms with Crippen molar-refractivity contribution in [1.82, 2.24) is 25.6 Å². The molecule has 4 aromatic rings. The Morgan fingerprint density at radius 1 is 1.04 bits per heavy atom. The fourth-order valence-corrected chi connectivity index (χ4v) is 2.44. The van der Waals surface area contributed by atoms with Crippen LogP contribution >= 0.6 is 0 Å². The minimum atomic E-state index is -4.80. The van der Waals surface area contributed by atoms with Crippen molar-refractivity contribution in [2.24, 2.45) is 0 Å². The van der Waals surface area contributed by atoms with Gasteiger partial charge >= 0.3 is 12.1 Å². The normalized spacial score (nSPS) is 11.7. The second kappa shape index (κ2) is 6.83. The largest absolute Gasteiger partial charge is 0.471 e. The van der Waals surface area contributed by atoms with Gasteiger partial charge < -0.3 is 9.26 Å². The van der Waals surface area contributed by atoms with E-state index in [0.29, 0.717) is 16.5 Å². The maximum Gasteiger partial charge on any atom is 0.471 e. The van der Waals surface area contributed by atoms with E-state index in [4.69, 9.17) is 4.74 Å². The molecule has 2 aromatic heterocycles. The van der Waals surface area contributed by atoms with Crippen LogP contribution in [0.3, 0.4) is 0 Å². The van der Waals surface area contributed by atoms with Crippen molar-refractivity contribution in [3.63, 3.8) is 0 Å². The van der Waals surface area contributed by atoms with Crippen LogP contribution in [0.4, 0.5) is 17.6 Å². The average molecular weight is 391 g/mol. The number of hydrogen-bond acceptors (Lipinski definition) is 7. The summed E-state index contributed by atoms with van der Waals surface area (Å²) in [7, 11) is 0. The van der Waals surface area contributed by atoms with Gasteiger partial charge in [0.05, 0.1) is 10.9 Å². The number of rotatable bonds is 4. The highest BCUT2D eigenvalue weighted by atomic mass is 19.4. The Bertz CT molecular complexity index is 1140. The quantitative estimate of drug-likeness (QED) is 0.489. The van der Waals surface area contributed by atoms with Crippen LogP contribution in [0.5, 0.6) is 5.88 Å². The summed E-state index contributed by atoms with van der Waals surface area (Å²) in [5.41, 5.74) is 0.784. The van der Waals surface area contributed by atoms with Crippen molar-refractivity contribution < 1.29 is 26.8 Å². The maximum absolute atomic E-state index is 14.3. The summed E-state index contributed by atoms with van der Waals surface area (Å²) in [4.78, 5) is 3.17. The molecule has 2 aromatic carbocycles. The lowest BCUT2D eigenvalue weighted by Gasteiger charge is -2.07. The molecule has 0 N–H and O–H groups in total. The molecule has 0 radical (unpaired) electrons. The predicted octanol–water partition coefficient (Wildman–Crippen LogP) is 3.81. The van der Waals surface area contributed by atoms with Crippen molar-refractivity contribution in [3.05, 3.63) is 59.7 Å². The molecule has 0 aliphatic rings. The van der Waals surface area contributed by atoms with Crippen molar-refractivity contribution in [3.8, 4) is 17.3 Å². The van der Waals surface area contributed by atoms with Gasteiger partial charge in [-0.15, -0.1) is 5.10 Å². The van der Waals surface area contributed by atoms with Crippen molar-refractivity contribution >= 4 is 10.9 Å². The first-order valence-electron chi connectivity index (χ1n) is 7.82. The summed E-state index contributed by atoms with van der Waals surface area (Å²) in [6.07, 6.45) is -4.80. The molecule has 28 heavy (non-hydrogen) atoms. The van der Waals surface area contributed by atoms with E-state index >= 15 is 0 Å². The van der Waals surface area contributed by atoms with E-state index < -0.39 is 23.7 Å². The Labute approximate surface area is 154 Å². The summed E-state index contributed by atoms with van der Waals surface area (Å²) in [6, 6.07) is 10.9. The number of halogens is 4. The zero-order valence-corrected chi connectivity index (χ0v) is 13.8. The first kappa shape index (κ1) is 17.8. The third-order valence-corrected chi connectivity index (χ3v) is 3.74. The molecular formula is C17H9F4N5O2. The smallest absolute Gasteiger partial charge is 0.471 e. The van der Waals surface area contributed by atoms with Gasteiger partial charge in [0.2, 0.25) is 11.7 Å². The van der Waals surface area contributed by atoms with Crippen LogP contribution in [0.1, 0.15) is 11.5 Å². The van der Waals surface area contributed by atoms with E-state index in [-0.39, 0.29) is 18.1 Å². The van der Waals surface area contributed by atoms with Gasteiger partial charge in [-0.05, 0) is 35.0 Å². The standard InChI is InChI=1S/C17H9F4N5O2/c18-12-7-9(5-6-10(12)14-22-16(28-25-14)17(19,20)21)8-27-15-11-3-1-2-4-13(11)23-26-24-15/h1-7H,8H2. The molecule has 0 fully saturated rings. The zero-order chi connectivity index (χ0) is 19.7. The highest BCUT2D eigenvalue weighted by Gasteiger charge is 2.38. The summed E-state index contributed by atoms with van der Waals surface area (Å²) < 4.78 is 61.6. The molecule has 7 nitrogen and oxygen atoms in total. The monoisotopic (exact) mass is 391 g/mol. The maximum atomic E-state index is 14.3. The summed E-state index contributed by atoms with van der Waals surface area (Å²) in [5, 5.41) is 15.1. The van der Waals surface area contributed by atoms with Crippen LogP contribution in [0.25, 0.3) is 22.3 Å². The number of aromatic nitrogens is 5. The Kier molecular flexibility index (Phi) is 4.34. The van der Waals surface area contributed by atoms with Gasteiger partial charge in [-0.25, -0.2) is 4.39 Å². The van der Waals surface area contributed by atoms with Crippen molar-refractivity contribution in [2.45, 2.75) is 12.8 Å². The molecule has 4 rings (SSSR count). The second-order valence-corrected chi connectivity index (χ2v) is 5.64. The van der Waals surface area contributed by atoms with Crippen LogP contribution in [0.2, 0.25) is 0 Å². The molecule has 0 amide bonds. The lowest BCUT2D eigenvalue weighted by molar-refractivity contribution is -0.159. The SMILES string of the molecule is Fc1cc(COc2nnnc3ccccc23)ccc1-c1noc(C(F)(F)F)n1. The Hall–Kier alpha value is -3.63. The Morgan fingerprint density at radius 3 is 2.61 bits per heavy atom. The first-order valence-corrected chi connectivity index (χ1v) is 7.82. The lowest BCUT2D eigenvalue weighted by atomic mass is 10.1. The van der Waals surface area contributed by atoms with E-state index in [9.17, 15) is 17.6 Å². The molecule has 0 unspecified atom stereocenters. The Morgan fingerprint density at radius 2 is 1.86 bits per heavy atom. The highest BCUT2D eigenvalue weighted by Crippen LogP contribution is 2.30.